The molecule has 1 amide bonds. The van der Waals surface area contributed by atoms with Gasteiger partial charge in [0.05, 0.1) is 15.8 Å². The van der Waals surface area contributed by atoms with Gasteiger partial charge in [0.25, 0.3) is 0 Å². The van der Waals surface area contributed by atoms with Crippen LogP contribution < -0.4 is 10.6 Å². The van der Waals surface area contributed by atoms with Crippen LogP contribution in [-0.4, -0.2) is 27.9 Å². The van der Waals surface area contributed by atoms with Crippen LogP contribution in [0.3, 0.4) is 0 Å². The number of carbonyl (C=O) groups excluding carboxylic acids is 1. The van der Waals surface area contributed by atoms with Crippen molar-refractivity contribution in [2.24, 2.45) is 0 Å². The van der Waals surface area contributed by atoms with E-state index in [4.69, 9.17) is 16.9 Å². The Morgan fingerprint density at radius 3 is 2.96 bits per heavy atom. The maximum Gasteiger partial charge on any atom is 0.237 e. The zero-order valence-electron chi connectivity index (χ0n) is 12.5. The van der Waals surface area contributed by atoms with Gasteiger partial charge in [-0.25, -0.2) is 0 Å². The van der Waals surface area contributed by atoms with Gasteiger partial charge in [-0.05, 0) is 32.0 Å². The molecule has 0 radical (unpaired) electrons. The number of benzene rings is 1. The molecule has 0 saturated heterocycles. The number of nitrogens with zero attached hydrogens (tertiary/aromatic N) is 3. The fraction of sp³-hybridized carbons (Fsp3) is 0.286. The molecule has 120 valence electrons. The van der Waals surface area contributed by atoms with Gasteiger partial charge in [-0.3, -0.25) is 4.79 Å². The molecule has 1 atom stereocenters. The highest BCUT2D eigenvalue weighted by Crippen LogP contribution is 2.29. The Hall–Kier alpha value is -1.82. The molecule has 6 nitrogen and oxygen atoms in total. The van der Waals surface area contributed by atoms with E-state index in [1.807, 2.05) is 13.0 Å². The molecule has 1 aromatic carbocycles. The zero-order chi connectivity index (χ0) is 16.8. The largest absolute Gasteiger partial charge is 0.360 e. The molecule has 1 aromatic heterocycles. The predicted octanol–water partition coefficient (Wildman–Crippen LogP) is 3.61. The van der Waals surface area contributed by atoms with Crippen molar-refractivity contribution in [2.75, 3.05) is 17.2 Å². The van der Waals surface area contributed by atoms with Gasteiger partial charge in [0.15, 0.2) is 4.34 Å². The highest BCUT2D eigenvalue weighted by atomic mass is 35.5. The first-order valence-electron chi connectivity index (χ1n) is 6.78. The summed E-state index contributed by atoms with van der Waals surface area (Å²) in [5.41, 5.74) is 0.925. The molecular weight excluding hydrogens is 354 g/mol. The van der Waals surface area contributed by atoms with Crippen molar-refractivity contribution in [2.45, 2.75) is 23.4 Å². The number of hydrogen-bond donors (Lipinski definition) is 2. The number of hydrogen-bond acceptors (Lipinski definition) is 7. The fourth-order valence-corrected chi connectivity index (χ4v) is 3.80. The quantitative estimate of drug-likeness (QED) is 0.758. The molecule has 0 aliphatic carbocycles. The summed E-state index contributed by atoms with van der Waals surface area (Å²) in [7, 11) is 0. The van der Waals surface area contributed by atoms with Crippen LogP contribution in [0, 0.1) is 11.3 Å². The molecule has 1 heterocycles. The van der Waals surface area contributed by atoms with E-state index in [0.717, 1.165) is 16.0 Å². The molecule has 0 unspecified atom stereocenters. The number of nitrogens with one attached hydrogen (secondary N) is 2. The summed E-state index contributed by atoms with van der Waals surface area (Å²) in [6, 6.07) is 6.75. The standard InChI is InChI=1S/C14H14ClN5OS2/c1-3-17-13-19-20-14(23-13)22-8(2)12(21)18-10-5-4-9(7-16)11(15)6-10/h4-6,8H,3H2,1-2H3,(H,17,19)(H,18,21)/t8-/m1/s1. The molecule has 0 aliphatic rings. The molecular formula is C14H14ClN5OS2. The fourth-order valence-electron chi connectivity index (χ4n) is 1.61. The Labute approximate surface area is 147 Å². The van der Waals surface area contributed by atoms with Crippen LogP contribution in [0.15, 0.2) is 22.5 Å². The number of halogens is 1. The third kappa shape index (κ3) is 4.82. The third-order valence-corrected chi connectivity index (χ3v) is 5.12. The van der Waals surface area contributed by atoms with Gasteiger partial charge >= 0.3 is 0 Å². The van der Waals surface area contributed by atoms with Crippen molar-refractivity contribution < 1.29 is 4.79 Å². The summed E-state index contributed by atoms with van der Waals surface area (Å²) in [4.78, 5) is 12.2. The summed E-state index contributed by atoms with van der Waals surface area (Å²) in [5, 5.41) is 23.4. The first-order chi connectivity index (χ1) is 11.0. The molecule has 0 spiro atoms. The predicted molar refractivity (Wildman–Crippen MR) is 94.2 cm³/mol. The minimum absolute atomic E-state index is 0.170. The van der Waals surface area contributed by atoms with Gasteiger partial charge in [-0.1, -0.05) is 34.7 Å². The molecule has 9 heteroatoms. The lowest BCUT2D eigenvalue weighted by atomic mass is 10.2. The first-order valence-corrected chi connectivity index (χ1v) is 8.85. The lowest BCUT2D eigenvalue weighted by Crippen LogP contribution is -2.22. The van der Waals surface area contributed by atoms with Crippen LogP contribution in [0.25, 0.3) is 0 Å². The van der Waals surface area contributed by atoms with Crippen molar-refractivity contribution in [3.8, 4) is 6.07 Å². The molecule has 0 aliphatic heterocycles. The Balaban J connectivity index is 1.96. The number of thioether (sulfide) groups is 1. The molecule has 2 rings (SSSR count). The molecule has 0 bridgehead atoms. The average molecular weight is 368 g/mol. The Bertz CT molecular complexity index is 743. The monoisotopic (exact) mass is 367 g/mol. The smallest absolute Gasteiger partial charge is 0.237 e. The maximum absolute atomic E-state index is 12.2. The van der Waals surface area contributed by atoms with E-state index >= 15 is 0 Å². The average Bonchev–Trinajstić information content (AvgIpc) is 2.95. The first kappa shape index (κ1) is 17.5. The molecule has 2 aromatic rings. The summed E-state index contributed by atoms with van der Waals surface area (Å²) < 4.78 is 0.724. The number of rotatable bonds is 6. The second-order valence-corrected chi connectivity index (χ2v) is 7.43. The zero-order valence-corrected chi connectivity index (χ0v) is 14.8. The van der Waals surface area contributed by atoms with Gasteiger partial charge in [-0.2, -0.15) is 5.26 Å². The molecule has 23 heavy (non-hydrogen) atoms. The van der Waals surface area contributed by atoms with E-state index in [9.17, 15) is 4.79 Å². The van der Waals surface area contributed by atoms with Gasteiger partial charge in [0.1, 0.15) is 6.07 Å². The van der Waals surface area contributed by atoms with Crippen molar-refractivity contribution in [1.29, 1.82) is 5.26 Å². The van der Waals surface area contributed by atoms with E-state index in [0.29, 0.717) is 16.3 Å². The van der Waals surface area contributed by atoms with E-state index < -0.39 is 0 Å². The minimum atomic E-state index is -0.341. The summed E-state index contributed by atoms with van der Waals surface area (Å²) in [6.07, 6.45) is 0. The SMILES string of the molecule is CCNc1nnc(S[C@H](C)C(=O)Nc2ccc(C#N)c(Cl)c2)s1. The van der Waals surface area contributed by atoms with Crippen molar-refractivity contribution in [1.82, 2.24) is 10.2 Å². The second-order valence-electron chi connectivity index (χ2n) is 4.46. The summed E-state index contributed by atoms with van der Waals surface area (Å²) in [6.45, 7) is 4.54. The third-order valence-electron chi connectivity index (χ3n) is 2.74. The summed E-state index contributed by atoms with van der Waals surface area (Å²) in [5.74, 6) is -0.170. The normalized spacial score (nSPS) is 11.6. The van der Waals surface area contributed by atoms with Crippen molar-refractivity contribution in [3.63, 3.8) is 0 Å². The number of anilines is 2. The maximum atomic E-state index is 12.2. The number of aromatic nitrogens is 2. The van der Waals surface area contributed by atoms with Crippen LogP contribution in [0.2, 0.25) is 5.02 Å². The van der Waals surface area contributed by atoms with E-state index in [1.54, 1.807) is 25.1 Å². The van der Waals surface area contributed by atoms with Crippen LogP contribution >= 0.6 is 34.7 Å². The van der Waals surface area contributed by atoms with Crippen LogP contribution in [0.1, 0.15) is 19.4 Å². The van der Waals surface area contributed by atoms with Crippen LogP contribution in [-0.2, 0) is 4.79 Å². The van der Waals surface area contributed by atoms with E-state index in [-0.39, 0.29) is 11.2 Å². The van der Waals surface area contributed by atoms with Gasteiger partial charge in [0, 0.05) is 12.2 Å². The number of nitriles is 1. The topological polar surface area (TPSA) is 90.7 Å². The Kier molecular flexibility index (Phi) is 6.21. The molecule has 2 N–H and O–H groups in total. The van der Waals surface area contributed by atoms with Gasteiger partial charge in [0.2, 0.25) is 11.0 Å². The lowest BCUT2D eigenvalue weighted by Gasteiger charge is -2.10. The highest BCUT2D eigenvalue weighted by molar-refractivity contribution is 8.02. The van der Waals surface area contributed by atoms with Crippen LogP contribution in [0.4, 0.5) is 10.8 Å². The van der Waals surface area contributed by atoms with Gasteiger partial charge < -0.3 is 10.6 Å². The lowest BCUT2D eigenvalue weighted by molar-refractivity contribution is -0.115. The number of carbonyl (C=O) groups is 1. The van der Waals surface area contributed by atoms with Gasteiger partial charge in [-0.15, -0.1) is 10.2 Å². The second kappa shape index (κ2) is 8.15. The molecule has 0 saturated carbocycles. The Morgan fingerprint density at radius 1 is 1.52 bits per heavy atom. The molecule has 0 fully saturated rings. The summed E-state index contributed by atoms with van der Waals surface area (Å²) >= 11 is 8.70. The van der Waals surface area contributed by atoms with E-state index in [1.165, 1.54) is 23.1 Å². The highest BCUT2D eigenvalue weighted by Gasteiger charge is 2.17. The van der Waals surface area contributed by atoms with E-state index in [2.05, 4.69) is 20.8 Å². The van der Waals surface area contributed by atoms with Crippen LogP contribution in [0.5, 0.6) is 0 Å². The van der Waals surface area contributed by atoms with Crippen molar-refractivity contribution in [3.05, 3.63) is 28.8 Å². The minimum Gasteiger partial charge on any atom is -0.360 e. The van der Waals surface area contributed by atoms with Crippen molar-refractivity contribution >= 4 is 51.4 Å². The number of amides is 1. The Morgan fingerprint density at radius 2 is 2.30 bits per heavy atom.